The van der Waals surface area contributed by atoms with E-state index in [-0.39, 0.29) is 29.4 Å². The van der Waals surface area contributed by atoms with Crippen LogP contribution in [0.25, 0.3) is 0 Å². The van der Waals surface area contributed by atoms with Gasteiger partial charge >= 0.3 is 0 Å². The normalized spacial score (nSPS) is 10.8. The highest BCUT2D eigenvalue weighted by Gasteiger charge is 2.17. The van der Waals surface area contributed by atoms with Crippen molar-refractivity contribution >= 4 is 17.6 Å². The predicted molar refractivity (Wildman–Crippen MR) is 74.0 cm³/mol. The molecule has 0 atom stereocenters. The second-order valence-corrected chi connectivity index (χ2v) is 5.28. The predicted octanol–water partition coefficient (Wildman–Crippen LogP) is 0.907. The maximum Gasteiger partial charge on any atom is 0.255 e. The van der Waals surface area contributed by atoms with Crippen molar-refractivity contribution in [2.75, 3.05) is 18.9 Å². The summed E-state index contributed by atoms with van der Waals surface area (Å²) in [5, 5.41) is 7.82. The van der Waals surface area contributed by atoms with Crippen molar-refractivity contribution in [2.45, 2.75) is 26.3 Å². The standard InChI is InChI=1S/C13H19FN4O2/c1-13(2,3)18-10(19)7-17-12(20)9-5-8(14)6-16-11(9)15-4/h5-6H,7H2,1-4H3,(H,15,16)(H,17,20)(H,18,19). The number of carbonyl (C=O) groups excluding carboxylic acids is 2. The van der Waals surface area contributed by atoms with Gasteiger partial charge in [0, 0.05) is 12.6 Å². The van der Waals surface area contributed by atoms with E-state index in [0.29, 0.717) is 0 Å². The number of carbonyl (C=O) groups is 2. The summed E-state index contributed by atoms with van der Waals surface area (Å²) in [5.41, 5.74) is -0.325. The molecule has 0 saturated carbocycles. The molecule has 20 heavy (non-hydrogen) atoms. The summed E-state index contributed by atoms with van der Waals surface area (Å²) in [5.74, 6) is -1.25. The van der Waals surface area contributed by atoms with Crippen molar-refractivity contribution in [3.63, 3.8) is 0 Å². The lowest BCUT2D eigenvalue weighted by Gasteiger charge is -2.20. The third-order valence-corrected chi connectivity index (χ3v) is 2.26. The Kier molecular flexibility index (Phi) is 5.01. The highest BCUT2D eigenvalue weighted by molar-refractivity contribution is 6.00. The number of anilines is 1. The van der Waals surface area contributed by atoms with Gasteiger partial charge in [0.25, 0.3) is 5.91 Å². The van der Waals surface area contributed by atoms with Crippen LogP contribution in [0.3, 0.4) is 0 Å². The van der Waals surface area contributed by atoms with E-state index in [0.717, 1.165) is 12.3 Å². The highest BCUT2D eigenvalue weighted by atomic mass is 19.1. The Labute approximate surface area is 117 Å². The van der Waals surface area contributed by atoms with E-state index in [9.17, 15) is 14.0 Å². The zero-order valence-electron chi connectivity index (χ0n) is 12.0. The number of pyridine rings is 1. The van der Waals surface area contributed by atoms with Gasteiger partial charge < -0.3 is 16.0 Å². The fourth-order valence-corrected chi connectivity index (χ4v) is 1.53. The molecule has 3 N–H and O–H groups in total. The lowest BCUT2D eigenvalue weighted by molar-refractivity contribution is -0.121. The highest BCUT2D eigenvalue weighted by Crippen LogP contribution is 2.12. The summed E-state index contributed by atoms with van der Waals surface area (Å²) in [6, 6.07) is 1.07. The largest absolute Gasteiger partial charge is 0.372 e. The van der Waals surface area contributed by atoms with Gasteiger partial charge in [-0.1, -0.05) is 0 Å². The zero-order valence-corrected chi connectivity index (χ0v) is 12.0. The molecule has 0 aliphatic carbocycles. The maximum absolute atomic E-state index is 13.1. The van der Waals surface area contributed by atoms with E-state index in [2.05, 4.69) is 20.9 Å². The summed E-state index contributed by atoms with van der Waals surface area (Å²) in [4.78, 5) is 27.3. The van der Waals surface area contributed by atoms with E-state index >= 15 is 0 Å². The molecule has 110 valence electrons. The van der Waals surface area contributed by atoms with Gasteiger partial charge in [-0.2, -0.15) is 0 Å². The first-order chi connectivity index (χ1) is 9.23. The van der Waals surface area contributed by atoms with Gasteiger partial charge in [-0.3, -0.25) is 9.59 Å². The molecule has 0 aliphatic heterocycles. The third kappa shape index (κ3) is 4.83. The van der Waals surface area contributed by atoms with Crippen molar-refractivity contribution in [2.24, 2.45) is 0 Å². The topological polar surface area (TPSA) is 83.1 Å². The number of aromatic nitrogens is 1. The fraction of sp³-hybridized carbons (Fsp3) is 0.462. The van der Waals surface area contributed by atoms with Crippen LogP contribution in [0.15, 0.2) is 12.3 Å². The summed E-state index contributed by atoms with van der Waals surface area (Å²) >= 11 is 0. The van der Waals surface area contributed by atoms with Gasteiger partial charge in [-0.05, 0) is 26.8 Å². The van der Waals surface area contributed by atoms with Gasteiger partial charge in [0.15, 0.2) is 0 Å². The molecule has 0 aromatic carbocycles. The van der Waals surface area contributed by atoms with E-state index in [1.54, 1.807) is 7.05 Å². The van der Waals surface area contributed by atoms with E-state index < -0.39 is 11.7 Å². The van der Waals surface area contributed by atoms with Crippen LogP contribution in [0, 0.1) is 5.82 Å². The molecule has 0 unspecified atom stereocenters. The average molecular weight is 282 g/mol. The molecular formula is C13H19FN4O2. The number of halogens is 1. The second-order valence-electron chi connectivity index (χ2n) is 5.28. The van der Waals surface area contributed by atoms with Crippen LogP contribution >= 0.6 is 0 Å². The van der Waals surface area contributed by atoms with Gasteiger partial charge in [0.2, 0.25) is 5.91 Å². The third-order valence-electron chi connectivity index (χ3n) is 2.26. The molecule has 1 aromatic rings. The SMILES string of the molecule is CNc1ncc(F)cc1C(=O)NCC(=O)NC(C)(C)C. The monoisotopic (exact) mass is 282 g/mol. The quantitative estimate of drug-likeness (QED) is 0.766. The Bertz CT molecular complexity index is 512. The molecule has 0 saturated heterocycles. The number of rotatable bonds is 4. The Morgan fingerprint density at radius 2 is 2.00 bits per heavy atom. The molecule has 0 fully saturated rings. The Hall–Kier alpha value is -2.18. The minimum Gasteiger partial charge on any atom is -0.372 e. The summed E-state index contributed by atoms with van der Waals surface area (Å²) in [6.07, 6.45) is 1.01. The molecule has 0 aliphatic rings. The minimum atomic E-state index is -0.617. The van der Waals surface area contributed by atoms with Crippen LogP contribution in [-0.4, -0.2) is 35.9 Å². The van der Waals surface area contributed by atoms with Crippen LogP contribution in [-0.2, 0) is 4.79 Å². The first-order valence-electron chi connectivity index (χ1n) is 6.15. The van der Waals surface area contributed by atoms with Crippen molar-refractivity contribution in [1.82, 2.24) is 15.6 Å². The molecule has 1 rings (SSSR count). The van der Waals surface area contributed by atoms with Gasteiger partial charge in [0.1, 0.15) is 11.6 Å². The summed E-state index contributed by atoms with van der Waals surface area (Å²) < 4.78 is 13.1. The Morgan fingerprint density at radius 3 is 2.55 bits per heavy atom. The first-order valence-corrected chi connectivity index (χ1v) is 6.15. The van der Waals surface area contributed by atoms with E-state index in [4.69, 9.17) is 0 Å². The minimum absolute atomic E-state index is 0.0519. The smallest absolute Gasteiger partial charge is 0.255 e. The number of nitrogens with one attached hydrogen (secondary N) is 3. The molecule has 0 spiro atoms. The van der Waals surface area contributed by atoms with Crippen LogP contribution in [0.4, 0.5) is 10.2 Å². The fourth-order valence-electron chi connectivity index (χ4n) is 1.53. The molecule has 0 bridgehead atoms. The molecule has 0 radical (unpaired) electrons. The molecule has 1 heterocycles. The summed E-state index contributed by atoms with van der Waals surface area (Å²) in [7, 11) is 1.57. The molecule has 1 aromatic heterocycles. The van der Waals surface area contributed by atoms with Gasteiger partial charge in [0.05, 0.1) is 18.3 Å². The van der Waals surface area contributed by atoms with Crippen LogP contribution in [0.1, 0.15) is 31.1 Å². The van der Waals surface area contributed by atoms with E-state index in [1.165, 1.54) is 0 Å². The maximum atomic E-state index is 13.1. The number of amides is 2. The molecule has 2 amide bonds. The van der Waals surface area contributed by atoms with Crippen LogP contribution in [0.2, 0.25) is 0 Å². The second kappa shape index (κ2) is 6.31. The van der Waals surface area contributed by atoms with E-state index in [1.807, 2.05) is 20.8 Å². The number of nitrogens with zero attached hydrogens (tertiary/aromatic N) is 1. The van der Waals surface area contributed by atoms with Crippen molar-refractivity contribution in [3.05, 3.63) is 23.6 Å². The molecule has 7 heteroatoms. The first kappa shape index (κ1) is 15.9. The van der Waals surface area contributed by atoms with Gasteiger partial charge in [-0.25, -0.2) is 9.37 Å². The summed E-state index contributed by atoms with van der Waals surface area (Å²) in [6.45, 7) is 5.32. The zero-order chi connectivity index (χ0) is 15.3. The Morgan fingerprint density at radius 1 is 1.35 bits per heavy atom. The number of hydrogen-bond acceptors (Lipinski definition) is 4. The molecular weight excluding hydrogens is 263 g/mol. The Balaban J connectivity index is 2.68. The molecule has 6 nitrogen and oxygen atoms in total. The number of hydrogen-bond donors (Lipinski definition) is 3. The van der Waals surface area contributed by atoms with Gasteiger partial charge in [-0.15, -0.1) is 0 Å². The van der Waals surface area contributed by atoms with Crippen LogP contribution < -0.4 is 16.0 Å². The average Bonchev–Trinajstić information content (AvgIpc) is 2.33. The van der Waals surface area contributed by atoms with Crippen molar-refractivity contribution in [3.8, 4) is 0 Å². The van der Waals surface area contributed by atoms with Crippen molar-refractivity contribution < 1.29 is 14.0 Å². The lowest BCUT2D eigenvalue weighted by Crippen LogP contribution is -2.45. The lowest BCUT2D eigenvalue weighted by atomic mass is 10.1. The van der Waals surface area contributed by atoms with Crippen molar-refractivity contribution in [1.29, 1.82) is 0 Å². The van der Waals surface area contributed by atoms with Crippen LogP contribution in [0.5, 0.6) is 0 Å².